The number of nitrogens with one attached hydrogen (secondary N) is 1. The van der Waals surface area contributed by atoms with Crippen molar-refractivity contribution in [2.75, 3.05) is 18.4 Å². The molecule has 0 spiro atoms. The summed E-state index contributed by atoms with van der Waals surface area (Å²) < 4.78 is 29.5. The highest BCUT2D eigenvalue weighted by Crippen LogP contribution is 2.29. The number of anilines is 1. The number of sulfonamides is 1. The van der Waals surface area contributed by atoms with Crippen LogP contribution in [0, 0.1) is 0 Å². The van der Waals surface area contributed by atoms with Crippen LogP contribution in [0.25, 0.3) is 11.7 Å². The van der Waals surface area contributed by atoms with Gasteiger partial charge in [0, 0.05) is 55.6 Å². The predicted molar refractivity (Wildman–Crippen MR) is 141 cm³/mol. The fourth-order valence-electron chi connectivity index (χ4n) is 4.35. The van der Waals surface area contributed by atoms with Crippen molar-refractivity contribution in [3.05, 3.63) is 89.4 Å². The standard InChI is InChI=1S/C25H27BN6O2S/c26-22-17-29-32-24(28-16-20-8-4-11-27-15-20)14-23(30-25(22)32)21-9-5-12-31(18-21)35(33,34)13-10-19-6-2-1-3-7-19/h1-4,6-8,10-11,13-15,17,21,28H,5,9,12,16,18,26H2/b13-10+. The molecule has 10 heteroatoms. The van der Waals surface area contributed by atoms with Crippen LogP contribution in [-0.4, -0.2) is 53.2 Å². The second-order valence-electron chi connectivity index (χ2n) is 8.80. The first-order chi connectivity index (χ1) is 17.0. The van der Waals surface area contributed by atoms with Gasteiger partial charge in [-0.1, -0.05) is 36.4 Å². The molecule has 8 nitrogen and oxygen atoms in total. The lowest BCUT2D eigenvalue weighted by atomic mass is 9.95. The molecule has 0 amide bonds. The van der Waals surface area contributed by atoms with Crippen LogP contribution in [0.1, 0.15) is 35.6 Å². The number of pyridine rings is 1. The van der Waals surface area contributed by atoms with E-state index in [1.807, 2.05) is 62.6 Å². The van der Waals surface area contributed by atoms with E-state index in [-0.39, 0.29) is 5.92 Å². The van der Waals surface area contributed by atoms with E-state index in [1.54, 1.807) is 27.3 Å². The van der Waals surface area contributed by atoms with E-state index in [4.69, 9.17) is 4.98 Å². The Kier molecular flexibility index (Phi) is 6.65. The number of aromatic nitrogens is 4. The van der Waals surface area contributed by atoms with Crippen molar-refractivity contribution in [3.8, 4) is 0 Å². The lowest BCUT2D eigenvalue weighted by Gasteiger charge is -2.31. The number of hydrogen-bond acceptors (Lipinski definition) is 6. The zero-order valence-corrected chi connectivity index (χ0v) is 20.4. The third kappa shape index (κ3) is 5.28. The van der Waals surface area contributed by atoms with Gasteiger partial charge in [0.1, 0.15) is 13.7 Å². The van der Waals surface area contributed by atoms with Gasteiger partial charge >= 0.3 is 0 Å². The second kappa shape index (κ2) is 10.0. The Bertz CT molecular complexity index is 1440. The molecule has 35 heavy (non-hydrogen) atoms. The number of nitrogens with zero attached hydrogens (tertiary/aromatic N) is 5. The molecule has 1 aliphatic heterocycles. The number of fused-ring (bicyclic) bond motifs is 1. The molecule has 178 valence electrons. The highest BCUT2D eigenvalue weighted by Gasteiger charge is 2.29. The molecule has 1 atom stereocenters. The van der Waals surface area contributed by atoms with E-state index in [2.05, 4.69) is 15.4 Å². The first-order valence-corrected chi connectivity index (χ1v) is 13.2. The van der Waals surface area contributed by atoms with Crippen molar-refractivity contribution in [1.29, 1.82) is 0 Å². The molecule has 5 rings (SSSR count). The zero-order chi connectivity index (χ0) is 24.3. The van der Waals surface area contributed by atoms with Gasteiger partial charge in [-0.15, -0.1) is 0 Å². The van der Waals surface area contributed by atoms with Crippen LogP contribution in [-0.2, 0) is 16.6 Å². The quantitative estimate of drug-likeness (QED) is 0.403. The van der Waals surface area contributed by atoms with Gasteiger partial charge in [0.15, 0.2) is 5.65 Å². The lowest BCUT2D eigenvalue weighted by molar-refractivity contribution is 0.316. The normalized spacial score (nSPS) is 17.2. The van der Waals surface area contributed by atoms with E-state index in [9.17, 15) is 8.42 Å². The van der Waals surface area contributed by atoms with Gasteiger partial charge in [0.2, 0.25) is 10.0 Å². The van der Waals surface area contributed by atoms with Crippen molar-refractivity contribution < 1.29 is 8.42 Å². The van der Waals surface area contributed by atoms with E-state index >= 15 is 0 Å². The molecule has 1 aliphatic rings. The summed E-state index contributed by atoms with van der Waals surface area (Å²) in [6, 6.07) is 15.4. The number of hydrogen-bond donors (Lipinski definition) is 1. The Morgan fingerprint density at radius 3 is 2.80 bits per heavy atom. The van der Waals surface area contributed by atoms with Crippen molar-refractivity contribution in [1.82, 2.24) is 23.9 Å². The maximum Gasteiger partial charge on any atom is 0.236 e. The molecule has 0 saturated carbocycles. The van der Waals surface area contributed by atoms with Crippen molar-refractivity contribution in [3.63, 3.8) is 0 Å². The van der Waals surface area contributed by atoms with Crippen LogP contribution in [0.4, 0.5) is 5.82 Å². The summed E-state index contributed by atoms with van der Waals surface area (Å²) in [6.07, 6.45) is 8.70. The number of rotatable bonds is 7. The average molecular weight is 486 g/mol. The van der Waals surface area contributed by atoms with Crippen LogP contribution in [0.5, 0.6) is 0 Å². The Balaban J connectivity index is 1.39. The molecule has 0 aliphatic carbocycles. The third-order valence-electron chi connectivity index (χ3n) is 6.26. The fourth-order valence-corrected chi connectivity index (χ4v) is 5.62. The van der Waals surface area contributed by atoms with E-state index in [1.165, 1.54) is 5.41 Å². The summed E-state index contributed by atoms with van der Waals surface area (Å²) in [4.78, 5) is 9.07. The van der Waals surface area contributed by atoms with Crippen LogP contribution in [0.15, 0.2) is 72.5 Å². The maximum absolute atomic E-state index is 13.1. The second-order valence-corrected chi connectivity index (χ2v) is 10.6. The largest absolute Gasteiger partial charge is 0.366 e. The highest BCUT2D eigenvalue weighted by atomic mass is 32.2. The Hall–Kier alpha value is -3.50. The maximum atomic E-state index is 13.1. The van der Waals surface area contributed by atoms with Crippen molar-refractivity contribution in [2.45, 2.75) is 25.3 Å². The minimum Gasteiger partial charge on any atom is -0.366 e. The number of benzene rings is 1. The van der Waals surface area contributed by atoms with Crippen LogP contribution in [0.2, 0.25) is 0 Å². The van der Waals surface area contributed by atoms with Gasteiger partial charge in [0.25, 0.3) is 0 Å². The molecule has 4 aromatic rings. The molecule has 4 heterocycles. The van der Waals surface area contributed by atoms with Crippen molar-refractivity contribution >= 4 is 40.9 Å². The minimum atomic E-state index is -3.53. The van der Waals surface area contributed by atoms with E-state index in [0.717, 1.165) is 46.6 Å². The summed E-state index contributed by atoms with van der Waals surface area (Å²) in [7, 11) is -1.55. The summed E-state index contributed by atoms with van der Waals surface area (Å²) in [5.41, 5.74) is 4.55. The van der Waals surface area contributed by atoms with Crippen molar-refractivity contribution in [2.24, 2.45) is 0 Å². The molecule has 1 fully saturated rings. The zero-order valence-electron chi connectivity index (χ0n) is 19.6. The molecule has 1 aromatic carbocycles. The molecule has 0 bridgehead atoms. The van der Waals surface area contributed by atoms with Crippen LogP contribution < -0.4 is 10.8 Å². The van der Waals surface area contributed by atoms with E-state index < -0.39 is 10.0 Å². The predicted octanol–water partition coefficient (Wildman–Crippen LogP) is 2.17. The molecular formula is C25H27BN6O2S. The molecule has 1 unspecified atom stereocenters. The van der Waals surface area contributed by atoms with Gasteiger partial charge in [-0.25, -0.2) is 13.4 Å². The first-order valence-electron chi connectivity index (χ1n) is 11.7. The minimum absolute atomic E-state index is 0.00175. The third-order valence-corrected chi connectivity index (χ3v) is 7.79. The molecule has 1 saturated heterocycles. The average Bonchev–Trinajstić information content (AvgIpc) is 3.28. The summed E-state index contributed by atoms with van der Waals surface area (Å²) in [6.45, 7) is 1.51. The van der Waals surface area contributed by atoms with Gasteiger partial charge in [-0.05, 0) is 41.6 Å². The summed E-state index contributed by atoms with van der Waals surface area (Å²) in [5.74, 6) is 0.827. The number of piperidine rings is 1. The summed E-state index contributed by atoms with van der Waals surface area (Å²) in [5, 5.41) is 9.25. The topological polar surface area (TPSA) is 92.5 Å². The van der Waals surface area contributed by atoms with Gasteiger partial charge in [0.05, 0.1) is 5.69 Å². The Labute approximate surface area is 206 Å². The Morgan fingerprint density at radius 1 is 1.14 bits per heavy atom. The SMILES string of the molecule is Bc1cnn2c(NCc3cccnc3)cc(C3CCCN(S(=O)(=O)/C=C/c4ccccc4)C3)nc12. The van der Waals surface area contributed by atoms with Gasteiger partial charge in [-0.2, -0.15) is 13.9 Å². The molecule has 1 N–H and O–H groups in total. The lowest BCUT2D eigenvalue weighted by Crippen LogP contribution is -2.38. The highest BCUT2D eigenvalue weighted by molar-refractivity contribution is 7.92. The van der Waals surface area contributed by atoms with Gasteiger partial charge in [-0.3, -0.25) is 4.98 Å². The van der Waals surface area contributed by atoms with Crippen LogP contribution >= 0.6 is 0 Å². The monoisotopic (exact) mass is 486 g/mol. The molecular weight excluding hydrogens is 459 g/mol. The summed E-state index contributed by atoms with van der Waals surface area (Å²) >= 11 is 0. The molecule has 3 aromatic heterocycles. The van der Waals surface area contributed by atoms with Gasteiger partial charge < -0.3 is 5.32 Å². The molecule has 0 radical (unpaired) electrons. The van der Waals surface area contributed by atoms with E-state index in [0.29, 0.717) is 19.6 Å². The Morgan fingerprint density at radius 2 is 2.00 bits per heavy atom. The smallest absolute Gasteiger partial charge is 0.236 e. The first kappa shape index (κ1) is 23.3. The fraction of sp³-hybridized carbons (Fsp3) is 0.240. The van der Waals surface area contributed by atoms with Crippen LogP contribution in [0.3, 0.4) is 0 Å².